The molecule has 0 aliphatic carbocycles. The van der Waals surface area contributed by atoms with Crippen molar-refractivity contribution in [2.45, 2.75) is 19.5 Å². The molecule has 1 aliphatic rings. The van der Waals surface area contributed by atoms with Crippen LogP contribution in [0.4, 0.5) is 31.7 Å². The zero-order valence-electron chi connectivity index (χ0n) is 18.1. The lowest BCUT2D eigenvalue weighted by Gasteiger charge is -2.35. The van der Waals surface area contributed by atoms with Crippen LogP contribution in [-0.2, 0) is 11.3 Å². The molecule has 3 aromatic rings. The van der Waals surface area contributed by atoms with Crippen LogP contribution in [0.2, 0.25) is 0 Å². The number of carbonyl (C=O) groups excluding carboxylic acids is 1. The molecule has 1 amide bonds. The first-order chi connectivity index (χ1) is 15.9. The van der Waals surface area contributed by atoms with Crippen molar-refractivity contribution >= 4 is 28.8 Å². The van der Waals surface area contributed by atoms with E-state index in [0.29, 0.717) is 36.3 Å². The van der Waals surface area contributed by atoms with Crippen LogP contribution in [0, 0.1) is 11.6 Å². The summed E-state index contributed by atoms with van der Waals surface area (Å²) in [6.07, 6.45) is 1.36. The quantitative estimate of drug-likeness (QED) is 0.500. The molecule has 0 spiro atoms. The van der Waals surface area contributed by atoms with Crippen LogP contribution in [0.15, 0.2) is 54.7 Å². The normalized spacial score (nSPS) is 15.8. The first-order valence-electron chi connectivity index (χ1n) is 10.6. The van der Waals surface area contributed by atoms with Gasteiger partial charge in [-0.15, -0.1) is 0 Å². The molecule has 1 unspecified atom stereocenters. The Morgan fingerprint density at radius 2 is 1.91 bits per heavy atom. The van der Waals surface area contributed by atoms with Crippen molar-refractivity contribution in [2.24, 2.45) is 5.73 Å². The van der Waals surface area contributed by atoms with Crippen molar-refractivity contribution in [3.63, 3.8) is 0 Å². The number of hydrogen-bond donors (Lipinski definition) is 3. The number of aromatic nitrogens is 1. The number of nitrogens with two attached hydrogens (primary N) is 1. The van der Waals surface area contributed by atoms with Crippen LogP contribution in [0.3, 0.4) is 0 Å². The molecule has 4 N–H and O–H groups in total. The second-order valence-electron chi connectivity index (χ2n) is 7.90. The summed E-state index contributed by atoms with van der Waals surface area (Å²) < 4.78 is 32.4. The summed E-state index contributed by atoms with van der Waals surface area (Å²) in [4.78, 5) is 18.4. The first-order valence-corrected chi connectivity index (χ1v) is 10.6. The van der Waals surface area contributed by atoms with Gasteiger partial charge in [-0.2, -0.15) is 0 Å². The third-order valence-electron chi connectivity index (χ3n) is 5.41. The van der Waals surface area contributed by atoms with Crippen molar-refractivity contribution in [1.29, 1.82) is 0 Å². The Bertz CT molecular complexity index is 1120. The van der Waals surface area contributed by atoms with E-state index in [4.69, 9.17) is 10.5 Å². The maximum atomic E-state index is 13.5. The highest BCUT2D eigenvalue weighted by Crippen LogP contribution is 2.25. The Kier molecular flexibility index (Phi) is 6.69. The monoisotopic (exact) mass is 453 g/mol. The highest BCUT2D eigenvalue weighted by Gasteiger charge is 2.19. The molecule has 1 aliphatic heterocycles. The largest absolute Gasteiger partial charge is 0.380 e. The van der Waals surface area contributed by atoms with Crippen LogP contribution in [-0.4, -0.2) is 36.7 Å². The van der Waals surface area contributed by atoms with Crippen LogP contribution in [0.5, 0.6) is 0 Å². The lowest BCUT2D eigenvalue weighted by Crippen LogP contribution is -2.43. The predicted molar refractivity (Wildman–Crippen MR) is 124 cm³/mol. The molecule has 2 heterocycles. The highest BCUT2D eigenvalue weighted by atomic mass is 19.1. The van der Waals surface area contributed by atoms with E-state index in [-0.39, 0.29) is 12.1 Å². The van der Waals surface area contributed by atoms with Gasteiger partial charge in [0.05, 0.1) is 24.5 Å². The van der Waals surface area contributed by atoms with Crippen molar-refractivity contribution in [1.82, 2.24) is 4.98 Å². The van der Waals surface area contributed by atoms with E-state index in [1.165, 1.54) is 18.3 Å². The Hall–Kier alpha value is -3.72. The summed E-state index contributed by atoms with van der Waals surface area (Å²) in [6, 6.07) is 13.1. The Morgan fingerprint density at radius 1 is 1.18 bits per heavy atom. The number of nitrogens with one attached hydrogen (secondary N) is 2. The third-order valence-corrected chi connectivity index (χ3v) is 5.41. The summed E-state index contributed by atoms with van der Waals surface area (Å²) >= 11 is 0. The third kappa shape index (κ3) is 5.56. The van der Waals surface area contributed by atoms with Gasteiger partial charge in [-0.25, -0.2) is 13.8 Å². The number of rotatable bonds is 7. The molecule has 2 aromatic carbocycles. The van der Waals surface area contributed by atoms with E-state index < -0.39 is 17.5 Å². The van der Waals surface area contributed by atoms with E-state index in [2.05, 4.69) is 27.4 Å². The highest BCUT2D eigenvalue weighted by molar-refractivity contribution is 5.98. The fraction of sp³-hybridized carbons (Fsp3) is 0.250. The van der Waals surface area contributed by atoms with Gasteiger partial charge in [0.25, 0.3) is 5.91 Å². The standard InChI is InChI=1S/C24H25F2N5O2/c1-15-14-33-7-6-31(15)20-4-2-19(3-5-20)30-23-11-22(21(13-29-23)24(27)32)28-12-16-8-17(25)10-18(26)9-16/h2-5,8-11,13,15H,6-7,12,14H2,1H3,(H2,27,32)(H2,28,29,30). The maximum Gasteiger partial charge on any atom is 0.252 e. The summed E-state index contributed by atoms with van der Waals surface area (Å²) in [5.74, 6) is -1.52. The number of nitrogens with zero attached hydrogens (tertiary/aromatic N) is 2. The van der Waals surface area contributed by atoms with Gasteiger partial charge in [-0.1, -0.05) is 0 Å². The minimum Gasteiger partial charge on any atom is -0.380 e. The lowest BCUT2D eigenvalue weighted by molar-refractivity contribution is 0.0989. The summed E-state index contributed by atoms with van der Waals surface area (Å²) in [5.41, 5.74) is 8.36. The number of amides is 1. The van der Waals surface area contributed by atoms with Gasteiger partial charge in [0, 0.05) is 48.8 Å². The van der Waals surface area contributed by atoms with Crippen LogP contribution in [0.25, 0.3) is 0 Å². The number of morpholine rings is 1. The maximum absolute atomic E-state index is 13.5. The van der Waals surface area contributed by atoms with Crippen LogP contribution >= 0.6 is 0 Å². The molecule has 9 heteroatoms. The average Bonchev–Trinajstić information content (AvgIpc) is 2.78. The second kappa shape index (κ2) is 9.83. The van der Waals surface area contributed by atoms with Crippen molar-refractivity contribution < 1.29 is 18.3 Å². The van der Waals surface area contributed by atoms with Gasteiger partial charge in [-0.3, -0.25) is 4.79 Å². The van der Waals surface area contributed by atoms with Gasteiger partial charge < -0.3 is 26.0 Å². The number of primary amides is 1. The van der Waals surface area contributed by atoms with Crippen LogP contribution < -0.4 is 21.3 Å². The van der Waals surface area contributed by atoms with E-state index in [0.717, 1.165) is 24.0 Å². The summed E-state index contributed by atoms with van der Waals surface area (Å²) in [6.45, 7) is 4.48. The van der Waals surface area contributed by atoms with Gasteiger partial charge in [0.1, 0.15) is 17.5 Å². The molecule has 172 valence electrons. The number of benzene rings is 2. The van der Waals surface area contributed by atoms with Gasteiger partial charge >= 0.3 is 0 Å². The topological polar surface area (TPSA) is 92.5 Å². The second-order valence-corrected chi connectivity index (χ2v) is 7.90. The molecule has 1 fully saturated rings. The zero-order valence-corrected chi connectivity index (χ0v) is 18.1. The van der Waals surface area contributed by atoms with Gasteiger partial charge in [0.2, 0.25) is 0 Å². The van der Waals surface area contributed by atoms with Crippen molar-refractivity contribution in [2.75, 3.05) is 35.3 Å². The molecule has 4 rings (SSSR count). The van der Waals surface area contributed by atoms with Crippen molar-refractivity contribution in [3.8, 4) is 0 Å². The number of pyridine rings is 1. The van der Waals surface area contributed by atoms with Gasteiger partial charge in [-0.05, 0) is 48.9 Å². The number of ether oxygens (including phenoxy) is 1. The minimum absolute atomic E-state index is 0.102. The zero-order chi connectivity index (χ0) is 23.4. The molecule has 1 aromatic heterocycles. The van der Waals surface area contributed by atoms with E-state index >= 15 is 0 Å². The first kappa shape index (κ1) is 22.5. The molecule has 1 atom stereocenters. The Balaban J connectivity index is 1.49. The number of halogens is 2. The van der Waals surface area contributed by atoms with Crippen molar-refractivity contribution in [3.05, 3.63) is 77.5 Å². The number of carbonyl (C=O) groups is 1. The van der Waals surface area contributed by atoms with Gasteiger partial charge in [0.15, 0.2) is 0 Å². The average molecular weight is 453 g/mol. The van der Waals surface area contributed by atoms with Crippen LogP contribution in [0.1, 0.15) is 22.8 Å². The SMILES string of the molecule is CC1COCCN1c1ccc(Nc2cc(NCc3cc(F)cc(F)c3)c(C(N)=O)cn2)cc1. The minimum atomic E-state index is -0.672. The summed E-state index contributed by atoms with van der Waals surface area (Å²) in [5, 5.41) is 6.22. The fourth-order valence-electron chi connectivity index (χ4n) is 3.77. The smallest absolute Gasteiger partial charge is 0.252 e. The van der Waals surface area contributed by atoms with E-state index in [1.807, 2.05) is 24.3 Å². The van der Waals surface area contributed by atoms with E-state index in [9.17, 15) is 13.6 Å². The molecule has 0 saturated carbocycles. The molecule has 33 heavy (non-hydrogen) atoms. The molecular formula is C24H25F2N5O2. The molecule has 0 radical (unpaired) electrons. The predicted octanol–water partition coefficient (Wildman–Crippen LogP) is 4.04. The Morgan fingerprint density at radius 3 is 2.58 bits per heavy atom. The fourth-order valence-corrected chi connectivity index (χ4v) is 3.77. The summed E-state index contributed by atoms with van der Waals surface area (Å²) in [7, 11) is 0. The molecule has 1 saturated heterocycles. The van der Waals surface area contributed by atoms with E-state index in [1.54, 1.807) is 6.07 Å². The lowest BCUT2D eigenvalue weighted by atomic mass is 10.1. The number of hydrogen-bond acceptors (Lipinski definition) is 6. The molecular weight excluding hydrogens is 428 g/mol. The molecule has 7 nitrogen and oxygen atoms in total. The molecule has 0 bridgehead atoms. The Labute approximate surface area is 190 Å². The number of anilines is 4.